The van der Waals surface area contributed by atoms with Gasteiger partial charge < -0.3 is 0 Å². The van der Waals surface area contributed by atoms with Gasteiger partial charge in [0.1, 0.15) is 0 Å². The molecule has 0 aliphatic carbocycles. The van der Waals surface area contributed by atoms with Gasteiger partial charge >= 0.3 is 0 Å². The second-order valence-corrected chi connectivity index (χ2v) is 4.06. The zero-order valence-corrected chi connectivity index (χ0v) is 8.73. The van der Waals surface area contributed by atoms with Crippen LogP contribution in [-0.2, 0) is 9.59 Å². The summed E-state index contributed by atoms with van der Waals surface area (Å²) in [6, 6.07) is 0. The van der Waals surface area contributed by atoms with Crippen LogP contribution in [0.15, 0.2) is 0 Å². The lowest BCUT2D eigenvalue weighted by Crippen LogP contribution is -2.35. The number of hydrogen-bond acceptors (Lipinski definition) is 2. The lowest BCUT2D eigenvalue weighted by molar-refractivity contribution is -0.141. The molecule has 0 rings (SSSR count). The van der Waals surface area contributed by atoms with Crippen LogP contribution in [-0.4, -0.2) is 15.7 Å². The summed E-state index contributed by atoms with van der Waals surface area (Å²) in [5.74, 6) is -0.532. The molecule has 0 saturated carbocycles. The summed E-state index contributed by atoms with van der Waals surface area (Å²) in [5, 5.41) is 0. The van der Waals surface area contributed by atoms with E-state index in [1.807, 2.05) is 0 Å². The van der Waals surface area contributed by atoms with Crippen molar-refractivity contribution in [3.63, 3.8) is 0 Å². The van der Waals surface area contributed by atoms with Crippen LogP contribution in [0.25, 0.3) is 0 Å². The number of imide groups is 1. The molecule has 0 aliphatic rings. The summed E-state index contributed by atoms with van der Waals surface area (Å²) in [6.45, 7) is 6.60. The fraction of sp³-hybridized carbons (Fsp3) is 0.714. The minimum Gasteiger partial charge on any atom is -0.274 e. The quantitative estimate of drug-likeness (QED) is 0.585. The van der Waals surface area contributed by atoms with E-state index in [1.54, 1.807) is 20.8 Å². The third kappa shape index (κ3) is 3.01. The average Bonchev–Trinajstić information content (AvgIpc) is 1.82. The number of rotatable bonds is 0. The fourth-order valence-electron chi connectivity index (χ4n) is 0.437. The molecule has 0 saturated heterocycles. The lowest BCUT2D eigenvalue weighted by Gasteiger charge is -2.21. The van der Waals surface area contributed by atoms with Crippen molar-refractivity contribution in [1.29, 1.82) is 0 Å². The summed E-state index contributed by atoms with van der Waals surface area (Å²) in [6.07, 6.45) is 0. The molecule has 0 spiro atoms. The summed E-state index contributed by atoms with van der Waals surface area (Å²) in [7, 11) is 0. The van der Waals surface area contributed by atoms with Gasteiger partial charge in [0.05, 0.1) is 16.1 Å². The zero-order valence-electron chi connectivity index (χ0n) is 7.14. The van der Waals surface area contributed by atoms with E-state index in [0.29, 0.717) is 0 Å². The van der Waals surface area contributed by atoms with Gasteiger partial charge in [-0.05, 0) is 0 Å². The van der Waals surface area contributed by atoms with Gasteiger partial charge in [0.25, 0.3) is 0 Å². The van der Waals surface area contributed by atoms with Crippen molar-refractivity contribution < 1.29 is 9.59 Å². The highest BCUT2D eigenvalue weighted by atomic mass is 79.9. The van der Waals surface area contributed by atoms with E-state index in [2.05, 4.69) is 16.1 Å². The van der Waals surface area contributed by atoms with E-state index < -0.39 is 5.41 Å². The Bertz CT molecular complexity index is 183. The smallest absolute Gasteiger partial charge is 0.244 e. The normalized spacial score (nSPS) is 11.0. The van der Waals surface area contributed by atoms with E-state index in [1.165, 1.54) is 6.92 Å². The Labute approximate surface area is 75.1 Å². The van der Waals surface area contributed by atoms with Crippen LogP contribution in [0, 0.1) is 5.41 Å². The largest absolute Gasteiger partial charge is 0.274 e. The molecule has 64 valence electrons. The molecule has 0 radical (unpaired) electrons. The molecule has 0 bridgehead atoms. The molecule has 0 atom stereocenters. The second-order valence-electron chi connectivity index (χ2n) is 3.36. The maximum Gasteiger partial charge on any atom is 0.244 e. The van der Waals surface area contributed by atoms with Gasteiger partial charge in [0, 0.05) is 12.3 Å². The van der Waals surface area contributed by atoms with Crippen molar-refractivity contribution in [2.75, 3.05) is 0 Å². The monoisotopic (exact) mass is 221 g/mol. The van der Waals surface area contributed by atoms with Gasteiger partial charge in [-0.15, -0.1) is 0 Å². The van der Waals surface area contributed by atoms with Gasteiger partial charge in [-0.25, -0.2) is 3.93 Å². The van der Waals surface area contributed by atoms with Gasteiger partial charge in [0.2, 0.25) is 11.8 Å². The predicted molar refractivity (Wildman–Crippen MR) is 45.9 cm³/mol. The van der Waals surface area contributed by atoms with E-state index in [9.17, 15) is 9.59 Å². The summed E-state index contributed by atoms with van der Waals surface area (Å²) >= 11 is 2.88. The second kappa shape index (κ2) is 3.34. The molecular formula is C7H12BrNO2. The Morgan fingerprint density at radius 2 is 1.64 bits per heavy atom. The molecule has 0 aromatic rings. The average molecular weight is 222 g/mol. The van der Waals surface area contributed by atoms with E-state index in [4.69, 9.17) is 0 Å². The minimum atomic E-state index is -0.519. The molecule has 0 fully saturated rings. The molecule has 0 aromatic carbocycles. The predicted octanol–water partition coefficient (Wildman–Crippen LogP) is 1.72. The number of carbonyl (C=O) groups is 2. The Morgan fingerprint density at radius 3 is 1.73 bits per heavy atom. The van der Waals surface area contributed by atoms with Gasteiger partial charge in [-0.2, -0.15) is 0 Å². The molecule has 0 heterocycles. The molecule has 4 heteroatoms. The molecule has 0 unspecified atom stereocenters. The zero-order chi connectivity index (χ0) is 9.23. The SMILES string of the molecule is CC(=O)N(Br)C(=O)C(C)(C)C. The van der Waals surface area contributed by atoms with Crippen LogP contribution in [0.3, 0.4) is 0 Å². The first-order valence-electron chi connectivity index (χ1n) is 3.27. The summed E-state index contributed by atoms with van der Waals surface area (Å²) in [5.41, 5.74) is -0.519. The topological polar surface area (TPSA) is 37.4 Å². The third-order valence-electron chi connectivity index (χ3n) is 1.10. The van der Waals surface area contributed by atoms with E-state index in [-0.39, 0.29) is 11.8 Å². The Kier molecular flexibility index (Phi) is 3.23. The van der Waals surface area contributed by atoms with Crippen molar-refractivity contribution in [1.82, 2.24) is 3.93 Å². The van der Waals surface area contributed by atoms with Crippen LogP contribution in [0.4, 0.5) is 0 Å². The molecule has 3 nitrogen and oxygen atoms in total. The minimum absolute atomic E-state index is 0.231. The highest BCUT2D eigenvalue weighted by Crippen LogP contribution is 2.19. The number of halogens is 1. The Hall–Kier alpha value is -0.380. The van der Waals surface area contributed by atoms with Crippen LogP contribution in [0.5, 0.6) is 0 Å². The molecular weight excluding hydrogens is 210 g/mol. The van der Waals surface area contributed by atoms with Crippen LogP contribution in [0.1, 0.15) is 27.7 Å². The van der Waals surface area contributed by atoms with Gasteiger partial charge in [-0.1, -0.05) is 20.8 Å². The molecule has 0 aromatic heterocycles. The van der Waals surface area contributed by atoms with Crippen molar-refractivity contribution >= 4 is 28.0 Å². The van der Waals surface area contributed by atoms with Crippen molar-refractivity contribution in [3.8, 4) is 0 Å². The number of nitrogens with zero attached hydrogens (tertiary/aromatic N) is 1. The fourth-order valence-corrected chi connectivity index (χ4v) is 0.969. The van der Waals surface area contributed by atoms with Crippen LogP contribution >= 0.6 is 16.1 Å². The van der Waals surface area contributed by atoms with E-state index in [0.717, 1.165) is 3.93 Å². The van der Waals surface area contributed by atoms with Crippen LogP contribution < -0.4 is 0 Å². The van der Waals surface area contributed by atoms with Gasteiger partial charge in [0.15, 0.2) is 0 Å². The molecule has 2 amide bonds. The first kappa shape index (κ1) is 10.6. The van der Waals surface area contributed by atoms with Gasteiger partial charge in [-0.3, -0.25) is 9.59 Å². The van der Waals surface area contributed by atoms with Crippen molar-refractivity contribution in [2.45, 2.75) is 27.7 Å². The number of carbonyl (C=O) groups excluding carboxylic acids is 2. The lowest BCUT2D eigenvalue weighted by atomic mass is 9.96. The Morgan fingerprint density at radius 1 is 1.27 bits per heavy atom. The third-order valence-corrected chi connectivity index (χ3v) is 1.92. The number of hydrogen-bond donors (Lipinski definition) is 0. The summed E-state index contributed by atoms with van der Waals surface area (Å²) < 4.78 is 0.951. The highest BCUT2D eigenvalue weighted by molar-refractivity contribution is 9.08. The first-order chi connectivity index (χ1) is 4.76. The summed E-state index contributed by atoms with van der Waals surface area (Å²) in [4.78, 5) is 22.0. The van der Waals surface area contributed by atoms with E-state index >= 15 is 0 Å². The Balaban J connectivity index is 4.39. The maximum atomic E-state index is 11.3. The maximum absolute atomic E-state index is 11.3. The highest BCUT2D eigenvalue weighted by Gasteiger charge is 2.28. The van der Waals surface area contributed by atoms with Crippen molar-refractivity contribution in [3.05, 3.63) is 0 Å². The molecule has 0 aliphatic heterocycles. The number of amides is 2. The van der Waals surface area contributed by atoms with Crippen molar-refractivity contribution in [2.24, 2.45) is 5.41 Å². The van der Waals surface area contributed by atoms with Crippen LogP contribution in [0.2, 0.25) is 0 Å². The standard InChI is InChI=1S/C7H12BrNO2/c1-5(10)9(8)6(11)7(2,3)4/h1-4H3. The molecule has 11 heavy (non-hydrogen) atoms. The molecule has 0 N–H and O–H groups in total. The first-order valence-corrected chi connectivity index (χ1v) is 3.98.